The van der Waals surface area contributed by atoms with E-state index in [-0.39, 0.29) is 34.4 Å². The molecule has 0 saturated carbocycles. The van der Waals surface area contributed by atoms with Crippen molar-refractivity contribution in [1.29, 1.82) is 0 Å². The Labute approximate surface area is 196 Å². The Morgan fingerprint density at radius 2 is 1.82 bits per heavy atom. The summed E-state index contributed by atoms with van der Waals surface area (Å²) < 4.78 is 16.7. The summed E-state index contributed by atoms with van der Waals surface area (Å²) in [7, 11) is 1.58. The topological polar surface area (TPSA) is 123 Å². The molecule has 1 N–H and O–H groups in total. The first kappa shape index (κ1) is 24.6. The Kier molecular flexibility index (Phi) is 6.80. The number of carbonyl (C=O) groups is 4. The smallest absolute Gasteiger partial charge is 0.341 e. The lowest BCUT2D eigenvalue weighted by Gasteiger charge is -2.26. The van der Waals surface area contributed by atoms with Gasteiger partial charge in [0.15, 0.2) is 12.4 Å². The zero-order valence-electron chi connectivity index (χ0n) is 19.6. The van der Waals surface area contributed by atoms with Crippen molar-refractivity contribution < 1.29 is 38.5 Å². The first-order valence-electron chi connectivity index (χ1n) is 10.4. The molecule has 3 rings (SSSR count). The summed E-state index contributed by atoms with van der Waals surface area (Å²) >= 11 is 0. The lowest BCUT2D eigenvalue weighted by Crippen LogP contribution is -2.39. The van der Waals surface area contributed by atoms with Crippen LogP contribution in [0.25, 0.3) is 0 Å². The van der Waals surface area contributed by atoms with Crippen molar-refractivity contribution in [3.63, 3.8) is 0 Å². The zero-order chi connectivity index (χ0) is 25.2. The lowest BCUT2D eigenvalue weighted by molar-refractivity contribution is -0.153. The summed E-state index contributed by atoms with van der Waals surface area (Å²) in [6.45, 7) is 5.40. The van der Waals surface area contributed by atoms with Gasteiger partial charge in [0, 0.05) is 19.7 Å². The average molecular weight is 470 g/mol. The summed E-state index contributed by atoms with van der Waals surface area (Å²) in [5, 5.41) is 9.00. The Bertz CT molecular complexity index is 1150. The summed E-state index contributed by atoms with van der Waals surface area (Å²) in [5.74, 6) is -2.38. The number of amides is 2. The zero-order valence-corrected chi connectivity index (χ0v) is 19.6. The lowest BCUT2D eigenvalue weighted by atomic mass is 10.1. The second kappa shape index (κ2) is 9.42. The van der Waals surface area contributed by atoms with Crippen molar-refractivity contribution in [1.82, 2.24) is 0 Å². The highest BCUT2D eigenvalue weighted by Gasteiger charge is 2.34. The quantitative estimate of drug-likeness (QED) is 0.639. The predicted molar refractivity (Wildman–Crippen MR) is 123 cm³/mol. The molecular weight excluding hydrogens is 444 g/mol. The third-order valence-electron chi connectivity index (χ3n) is 4.82. The van der Waals surface area contributed by atoms with Gasteiger partial charge in [0.05, 0.1) is 5.69 Å². The van der Waals surface area contributed by atoms with Crippen LogP contribution in [0.5, 0.6) is 17.2 Å². The monoisotopic (exact) mass is 470 g/mol. The maximum absolute atomic E-state index is 13.7. The van der Waals surface area contributed by atoms with E-state index in [1.165, 1.54) is 28.9 Å². The van der Waals surface area contributed by atoms with Gasteiger partial charge in [-0.05, 0) is 51.1 Å². The molecule has 1 heterocycles. The van der Waals surface area contributed by atoms with Gasteiger partial charge in [0.1, 0.15) is 29.2 Å². The summed E-state index contributed by atoms with van der Waals surface area (Å²) in [4.78, 5) is 51.9. The molecule has 10 nitrogen and oxygen atoms in total. The minimum atomic E-state index is -1.22. The molecule has 0 spiro atoms. The van der Waals surface area contributed by atoms with E-state index in [0.29, 0.717) is 5.69 Å². The van der Waals surface area contributed by atoms with E-state index in [1.54, 1.807) is 52.1 Å². The SMILES string of the molecule is CC(=O)N(C)c1ccc2c(c1)N(CC(=O)OC(C)(C)C)C(=O)c1c(OCC(=O)O)cccc1O2. The van der Waals surface area contributed by atoms with E-state index in [2.05, 4.69) is 0 Å². The maximum atomic E-state index is 13.7. The van der Waals surface area contributed by atoms with E-state index in [4.69, 9.17) is 19.3 Å². The van der Waals surface area contributed by atoms with E-state index >= 15 is 0 Å². The highest BCUT2D eigenvalue weighted by atomic mass is 16.6. The number of ether oxygens (including phenoxy) is 3. The minimum absolute atomic E-state index is 0.00651. The number of hydrogen-bond acceptors (Lipinski definition) is 7. The molecule has 0 fully saturated rings. The van der Waals surface area contributed by atoms with Gasteiger partial charge in [0.25, 0.3) is 5.91 Å². The molecule has 2 aromatic rings. The van der Waals surface area contributed by atoms with Gasteiger partial charge in [-0.2, -0.15) is 0 Å². The van der Waals surface area contributed by atoms with E-state index in [9.17, 15) is 19.2 Å². The number of esters is 1. The summed E-state index contributed by atoms with van der Waals surface area (Å²) in [6.07, 6.45) is 0. The van der Waals surface area contributed by atoms with Crippen LogP contribution in [0.3, 0.4) is 0 Å². The number of carboxylic acid groups (broad SMARTS) is 1. The minimum Gasteiger partial charge on any atom is -0.481 e. The highest BCUT2D eigenvalue weighted by molar-refractivity contribution is 6.13. The van der Waals surface area contributed by atoms with Crippen LogP contribution in [0.2, 0.25) is 0 Å². The predicted octanol–water partition coefficient (Wildman–Crippen LogP) is 3.23. The Hall–Kier alpha value is -4.08. The van der Waals surface area contributed by atoms with E-state index in [1.807, 2.05) is 0 Å². The molecule has 2 amide bonds. The summed E-state index contributed by atoms with van der Waals surface area (Å²) in [5.41, 5.74) is -0.104. The number of rotatable bonds is 6. The van der Waals surface area contributed by atoms with Crippen molar-refractivity contribution >= 4 is 35.1 Å². The highest BCUT2D eigenvalue weighted by Crippen LogP contribution is 2.43. The van der Waals surface area contributed by atoms with Gasteiger partial charge in [-0.1, -0.05) is 6.07 Å². The number of anilines is 2. The first-order valence-corrected chi connectivity index (χ1v) is 10.4. The second-order valence-corrected chi connectivity index (χ2v) is 8.62. The van der Waals surface area contributed by atoms with Crippen LogP contribution in [0.1, 0.15) is 38.1 Å². The van der Waals surface area contributed by atoms with Gasteiger partial charge in [-0.25, -0.2) is 4.79 Å². The number of carboxylic acids is 1. The van der Waals surface area contributed by atoms with Crippen LogP contribution in [-0.4, -0.2) is 54.7 Å². The molecule has 0 bridgehead atoms. The van der Waals surface area contributed by atoms with Crippen LogP contribution in [0, 0.1) is 0 Å². The normalized spacial score (nSPS) is 12.6. The van der Waals surface area contributed by atoms with Crippen LogP contribution in [-0.2, 0) is 19.1 Å². The third kappa shape index (κ3) is 5.45. The molecule has 0 radical (unpaired) electrons. The fourth-order valence-electron chi connectivity index (χ4n) is 3.28. The molecule has 0 unspecified atom stereocenters. The Morgan fingerprint density at radius 1 is 1.12 bits per heavy atom. The van der Waals surface area contributed by atoms with Crippen LogP contribution in [0.15, 0.2) is 36.4 Å². The average Bonchev–Trinajstić information content (AvgIpc) is 2.85. The van der Waals surface area contributed by atoms with Gasteiger partial charge < -0.3 is 24.2 Å². The van der Waals surface area contributed by atoms with E-state index < -0.39 is 36.6 Å². The molecule has 180 valence electrons. The summed E-state index contributed by atoms with van der Waals surface area (Å²) in [6, 6.07) is 9.33. The molecular formula is C24H26N2O8. The molecule has 34 heavy (non-hydrogen) atoms. The van der Waals surface area contributed by atoms with Crippen molar-refractivity contribution in [3.8, 4) is 17.2 Å². The van der Waals surface area contributed by atoms with Gasteiger partial charge in [-0.3, -0.25) is 19.3 Å². The first-order chi connectivity index (χ1) is 15.9. The molecule has 1 aliphatic heterocycles. The van der Waals surface area contributed by atoms with Crippen LogP contribution < -0.4 is 19.3 Å². The van der Waals surface area contributed by atoms with E-state index in [0.717, 1.165) is 0 Å². The molecule has 0 saturated heterocycles. The molecule has 0 aromatic heterocycles. The second-order valence-electron chi connectivity index (χ2n) is 8.62. The fourth-order valence-corrected chi connectivity index (χ4v) is 3.28. The standard InChI is InChI=1S/C24H26N2O8/c1-14(27)25(5)15-9-10-17-16(11-15)26(12-21(30)34-24(2,3)4)23(31)22-18(32-13-20(28)29)7-6-8-19(22)33-17/h6-11H,12-13H2,1-5H3,(H,28,29). The number of hydrogen-bond donors (Lipinski definition) is 1. The third-order valence-corrected chi connectivity index (χ3v) is 4.82. The van der Waals surface area contributed by atoms with Gasteiger partial charge in [-0.15, -0.1) is 0 Å². The molecule has 0 aliphatic carbocycles. The fraction of sp³-hybridized carbons (Fsp3) is 0.333. The number of carbonyl (C=O) groups excluding carboxylic acids is 3. The molecule has 0 atom stereocenters. The largest absolute Gasteiger partial charge is 0.481 e. The van der Waals surface area contributed by atoms with Crippen LogP contribution in [0.4, 0.5) is 11.4 Å². The number of nitrogens with zero attached hydrogens (tertiary/aromatic N) is 2. The number of benzene rings is 2. The molecule has 10 heteroatoms. The maximum Gasteiger partial charge on any atom is 0.341 e. The number of fused-ring (bicyclic) bond motifs is 2. The molecule has 1 aliphatic rings. The van der Waals surface area contributed by atoms with Crippen molar-refractivity contribution in [2.24, 2.45) is 0 Å². The molecule has 2 aromatic carbocycles. The van der Waals surface area contributed by atoms with Gasteiger partial charge in [0.2, 0.25) is 5.91 Å². The van der Waals surface area contributed by atoms with Crippen molar-refractivity contribution in [2.45, 2.75) is 33.3 Å². The Balaban J connectivity index is 2.13. The van der Waals surface area contributed by atoms with Gasteiger partial charge >= 0.3 is 11.9 Å². The van der Waals surface area contributed by atoms with Crippen molar-refractivity contribution in [2.75, 3.05) is 30.0 Å². The number of aliphatic carboxylic acids is 1. The van der Waals surface area contributed by atoms with Crippen LogP contribution >= 0.6 is 0 Å². The Morgan fingerprint density at radius 3 is 2.44 bits per heavy atom. The van der Waals surface area contributed by atoms with Crippen molar-refractivity contribution in [3.05, 3.63) is 42.0 Å².